The number of esters is 1. The van der Waals surface area contributed by atoms with Gasteiger partial charge in [-0.15, -0.1) is 0 Å². The molecule has 1 N–H and O–H groups in total. The first-order chi connectivity index (χ1) is 11.5. The van der Waals surface area contributed by atoms with Gasteiger partial charge in [-0.25, -0.2) is 0 Å². The first-order valence-corrected chi connectivity index (χ1v) is 8.20. The van der Waals surface area contributed by atoms with E-state index in [1.807, 2.05) is 31.2 Å². The predicted octanol–water partition coefficient (Wildman–Crippen LogP) is 1.65. The summed E-state index contributed by atoms with van der Waals surface area (Å²) in [5, 5.41) is 9.01. The Balaban J connectivity index is 2.70. The Morgan fingerprint density at radius 1 is 1.25 bits per heavy atom. The molecule has 0 heterocycles. The van der Waals surface area contributed by atoms with Gasteiger partial charge in [0, 0.05) is 19.7 Å². The minimum absolute atomic E-state index is 0.000557. The Morgan fingerprint density at radius 2 is 1.92 bits per heavy atom. The van der Waals surface area contributed by atoms with Crippen molar-refractivity contribution in [3.8, 4) is 5.75 Å². The van der Waals surface area contributed by atoms with E-state index < -0.39 is 5.92 Å². The molecule has 0 aliphatic heterocycles. The summed E-state index contributed by atoms with van der Waals surface area (Å²) in [5.41, 5.74) is 0.878. The quantitative estimate of drug-likeness (QED) is 0.657. The maximum Gasteiger partial charge on any atom is 0.310 e. The molecule has 1 aromatic carbocycles. The summed E-state index contributed by atoms with van der Waals surface area (Å²) in [4.78, 5) is 25.7. The zero-order valence-electron chi connectivity index (χ0n) is 14.7. The lowest BCUT2D eigenvalue weighted by atomic mass is 10.1. The summed E-state index contributed by atoms with van der Waals surface area (Å²) in [6, 6.07) is 7.39. The van der Waals surface area contributed by atoms with Crippen LogP contribution in [0.1, 0.15) is 25.8 Å². The summed E-state index contributed by atoms with van der Waals surface area (Å²) < 4.78 is 10.1. The number of aliphatic hydroxyl groups is 1. The van der Waals surface area contributed by atoms with Crippen molar-refractivity contribution in [3.05, 3.63) is 29.8 Å². The maximum atomic E-state index is 12.5. The number of hydrogen-bond donors (Lipinski definition) is 1. The van der Waals surface area contributed by atoms with Gasteiger partial charge in [0.15, 0.2) is 0 Å². The Morgan fingerprint density at radius 3 is 2.46 bits per heavy atom. The third-order valence-electron chi connectivity index (χ3n) is 3.63. The van der Waals surface area contributed by atoms with Crippen molar-refractivity contribution in [2.45, 2.75) is 26.7 Å². The number of aliphatic hydroxyl groups excluding tert-OH is 1. The van der Waals surface area contributed by atoms with Crippen molar-refractivity contribution in [1.82, 2.24) is 4.90 Å². The van der Waals surface area contributed by atoms with Crippen molar-refractivity contribution in [2.75, 3.05) is 33.4 Å². The average molecular weight is 337 g/mol. The highest BCUT2D eigenvalue weighted by Gasteiger charge is 2.21. The van der Waals surface area contributed by atoms with E-state index in [2.05, 4.69) is 0 Å². The van der Waals surface area contributed by atoms with E-state index in [-0.39, 0.29) is 31.4 Å². The lowest BCUT2D eigenvalue weighted by Crippen LogP contribution is -2.39. The molecule has 24 heavy (non-hydrogen) atoms. The molecular formula is C18H27NO5. The zero-order chi connectivity index (χ0) is 17.9. The van der Waals surface area contributed by atoms with Crippen LogP contribution in [-0.2, 0) is 20.7 Å². The van der Waals surface area contributed by atoms with Gasteiger partial charge < -0.3 is 19.5 Å². The average Bonchev–Trinajstić information content (AvgIpc) is 2.59. The second-order valence-electron chi connectivity index (χ2n) is 5.59. The minimum atomic E-state index is -0.405. The highest BCUT2D eigenvalue weighted by atomic mass is 16.5. The molecule has 0 aliphatic rings. The highest BCUT2D eigenvalue weighted by molar-refractivity contribution is 5.80. The molecular weight excluding hydrogens is 310 g/mol. The molecule has 134 valence electrons. The van der Waals surface area contributed by atoms with E-state index in [0.29, 0.717) is 19.6 Å². The predicted molar refractivity (Wildman–Crippen MR) is 90.8 cm³/mol. The van der Waals surface area contributed by atoms with Gasteiger partial charge in [0.1, 0.15) is 5.75 Å². The SMILES string of the molecule is CCOc1ccc(CC(=O)N(CCCO)CC(C)C(=O)OC)cc1. The van der Waals surface area contributed by atoms with Crippen molar-refractivity contribution in [1.29, 1.82) is 0 Å². The van der Waals surface area contributed by atoms with E-state index in [1.54, 1.807) is 11.8 Å². The third-order valence-corrected chi connectivity index (χ3v) is 3.63. The molecule has 6 nitrogen and oxygen atoms in total. The summed E-state index contributed by atoms with van der Waals surface area (Å²) in [5.74, 6) is -0.0654. The minimum Gasteiger partial charge on any atom is -0.494 e. The molecule has 1 rings (SSSR count). The first-order valence-electron chi connectivity index (χ1n) is 8.20. The molecule has 0 saturated heterocycles. The van der Waals surface area contributed by atoms with Crippen LogP contribution in [0.15, 0.2) is 24.3 Å². The Kier molecular flexibility index (Phi) is 8.86. The smallest absolute Gasteiger partial charge is 0.310 e. The van der Waals surface area contributed by atoms with Crippen molar-refractivity contribution in [3.63, 3.8) is 0 Å². The number of nitrogens with zero attached hydrogens (tertiary/aromatic N) is 1. The molecule has 0 fully saturated rings. The van der Waals surface area contributed by atoms with E-state index in [1.165, 1.54) is 7.11 Å². The fourth-order valence-corrected chi connectivity index (χ4v) is 2.34. The number of carbonyl (C=O) groups excluding carboxylic acids is 2. The second-order valence-corrected chi connectivity index (χ2v) is 5.59. The molecule has 0 bridgehead atoms. The Labute approximate surface area is 143 Å². The second kappa shape index (κ2) is 10.6. The Hall–Kier alpha value is -2.08. The van der Waals surface area contributed by atoms with E-state index in [4.69, 9.17) is 14.6 Å². The van der Waals surface area contributed by atoms with Gasteiger partial charge in [-0.2, -0.15) is 0 Å². The van der Waals surface area contributed by atoms with E-state index >= 15 is 0 Å². The van der Waals surface area contributed by atoms with Crippen LogP contribution in [0, 0.1) is 5.92 Å². The van der Waals surface area contributed by atoms with Crippen LogP contribution in [0.4, 0.5) is 0 Å². The topological polar surface area (TPSA) is 76.1 Å². The van der Waals surface area contributed by atoms with Gasteiger partial charge in [-0.3, -0.25) is 9.59 Å². The van der Waals surface area contributed by atoms with Crippen LogP contribution in [0.2, 0.25) is 0 Å². The van der Waals surface area contributed by atoms with Gasteiger partial charge >= 0.3 is 5.97 Å². The number of amides is 1. The number of ether oxygens (including phenoxy) is 2. The Bertz CT molecular complexity index is 515. The number of hydrogen-bond acceptors (Lipinski definition) is 5. The monoisotopic (exact) mass is 337 g/mol. The molecule has 0 aromatic heterocycles. The number of carbonyl (C=O) groups is 2. The van der Waals surface area contributed by atoms with Gasteiger partial charge in [0.25, 0.3) is 0 Å². The van der Waals surface area contributed by atoms with Gasteiger partial charge in [-0.1, -0.05) is 19.1 Å². The van der Waals surface area contributed by atoms with Crippen molar-refractivity contribution in [2.24, 2.45) is 5.92 Å². The highest BCUT2D eigenvalue weighted by Crippen LogP contribution is 2.14. The summed E-state index contributed by atoms with van der Waals surface area (Å²) in [6.45, 7) is 4.93. The van der Waals surface area contributed by atoms with Gasteiger partial charge in [0.05, 0.1) is 26.1 Å². The van der Waals surface area contributed by atoms with Crippen LogP contribution in [0.3, 0.4) is 0 Å². The van der Waals surface area contributed by atoms with Crippen LogP contribution < -0.4 is 4.74 Å². The lowest BCUT2D eigenvalue weighted by molar-refractivity contribution is -0.146. The molecule has 0 radical (unpaired) electrons. The largest absolute Gasteiger partial charge is 0.494 e. The number of rotatable bonds is 10. The van der Waals surface area contributed by atoms with Crippen molar-refractivity contribution >= 4 is 11.9 Å². The summed E-state index contributed by atoms with van der Waals surface area (Å²) >= 11 is 0. The first kappa shape index (κ1) is 20.0. The molecule has 0 saturated carbocycles. The maximum absolute atomic E-state index is 12.5. The van der Waals surface area contributed by atoms with Crippen LogP contribution in [0.25, 0.3) is 0 Å². The van der Waals surface area contributed by atoms with E-state index in [0.717, 1.165) is 11.3 Å². The lowest BCUT2D eigenvalue weighted by Gasteiger charge is -2.25. The van der Waals surface area contributed by atoms with Gasteiger partial charge in [-0.05, 0) is 31.0 Å². The van der Waals surface area contributed by atoms with Crippen LogP contribution in [0.5, 0.6) is 5.75 Å². The third kappa shape index (κ3) is 6.58. The number of methoxy groups -OCH3 is 1. The molecule has 0 aliphatic carbocycles. The molecule has 0 spiro atoms. The summed E-state index contributed by atoms with van der Waals surface area (Å²) in [7, 11) is 1.33. The van der Waals surface area contributed by atoms with Gasteiger partial charge in [0.2, 0.25) is 5.91 Å². The fraction of sp³-hybridized carbons (Fsp3) is 0.556. The zero-order valence-corrected chi connectivity index (χ0v) is 14.7. The fourth-order valence-electron chi connectivity index (χ4n) is 2.34. The molecule has 1 unspecified atom stereocenters. The number of benzene rings is 1. The molecule has 1 aromatic rings. The van der Waals surface area contributed by atoms with E-state index in [9.17, 15) is 9.59 Å². The molecule has 1 atom stereocenters. The summed E-state index contributed by atoms with van der Waals surface area (Å²) in [6.07, 6.45) is 0.717. The van der Waals surface area contributed by atoms with Crippen LogP contribution >= 0.6 is 0 Å². The van der Waals surface area contributed by atoms with Crippen molar-refractivity contribution < 1.29 is 24.2 Å². The normalized spacial score (nSPS) is 11.7. The molecule has 6 heteroatoms. The molecule has 1 amide bonds. The van der Waals surface area contributed by atoms with Crippen LogP contribution in [-0.4, -0.2) is 55.3 Å². The standard InChI is InChI=1S/C18H27NO5/c1-4-24-16-8-6-15(7-9-16)12-17(21)19(10-5-11-20)13-14(2)18(22)23-3/h6-9,14,20H,4-5,10-13H2,1-3H3.